The van der Waals surface area contributed by atoms with Gasteiger partial charge in [0.2, 0.25) is 0 Å². The van der Waals surface area contributed by atoms with Crippen LogP contribution in [-0.4, -0.2) is 23.8 Å². The summed E-state index contributed by atoms with van der Waals surface area (Å²) in [4.78, 5) is 27.8. The fourth-order valence-corrected chi connectivity index (χ4v) is 2.71. The van der Waals surface area contributed by atoms with E-state index in [1.54, 1.807) is 0 Å². The molecule has 0 atom stereocenters. The molecule has 6 heteroatoms. The van der Waals surface area contributed by atoms with Crippen LogP contribution >= 0.6 is 11.3 Å². The molecule has 0 unspecified atom stereocenters. The largest absolute Gasteiger partial charge is 0.464 e. The number of rotatable bonds is 4. The van der Waals surface area contributed by atoms with E-state index in [9.17, 15) is 9.59 Å². The van der Waals surface area contributed by atoms with Crippen LogP contribution in [0.15, 0.2) is 18.2 Å². The van der Waals surface area contributed by atoms with Crippen LogP contribution in [0.2, 0.25) is 0 Å². The van der Waals surface area contributed by atoms with Gasteiger partial charge in [-0.2, -0.15) is 0 Å². The van der Waals surface area contributed by atoms with Crippen molar-refractivity contribution in [3.8, 4) is 0 Å². The van der Waals surface area contributed by atoms with Crippen molar-refractivity contribution < 1.29 is 14.3 Å². The number of methoxy groups -OCH3 is 1. The molecular weight excluding hydrogens is 288 g/mol. The fraction of sp³-hybridized carbons (Fsp3) is 0.267. The Balaban J connectivity index is 2.39. The lowest BCUT2D eigenvalue weighted by Crippen LogP contribution is -2.07. The van der Waals surface area contributed by atoms with Gasteiger partial charge in [0.1, 0.15) is 4.88 Å². The topological polar surface area (TPSA) is 68.3 Å². The molecule has 0 aliphatic carbocycles. The van der Waals surface area contributed by atoms with Crippen molar-refractivity contribution in [2.45, 2.75) is 20.8 Å². The number of ether oxygens (including phenoxy) is 1. The molecule has 0 fully saturated rings. The molecule has 2 rings (SSSR count). The average Bonchev–Trinajstić information content (AvgIpc) is 2.87. The van der Waals surface area contributed by atoms with Crippen molar-refractivity contribution in [2.75, 3.05) is 12.4 Å². The highest BCUT2D eigenvalue weighted by Gasteiger charge is 2.22. The van der Waals surface area contributed by atoms with Crippen molar-refractivity contribution in [3.05, 3.63) is 39.9 Å². The Morgan fingerprint density at radius 1 is 1.29 bits per heavy atom. The molecule has 0 radical (unpaired) electrons. The van der Waals surface area contributed by atoms with Crippen molar-refractivity contribution >= 4 is 33.9 Å². The van der Waals surface area contributed by atoms with Crippen LogP contribution in [0.4, 0.5) is 10.8 Å². The van der Waals surface area contributed by atoms with E-state index in [-0.39, 0.29) is 11.5 Å². The number of aryl methyl sites for hydroxylation is 1. The van der Waals surface area contributed by atoms with Crippen molar-refractivity contribution in [3.63, 3.8) is 0 Å². The third-order valence-corrected chi connectivity index (χ3v) is 4.24. The Morgan fingerprint density at radius 3 is 2.62 bits per heavy atom. The van der Waals surface area contributed by atoms with Gasteiger partial charge in [-0.05, 0) is 31.0 Å². The zero-order valence-corrected chi connectivity index (χ0v) is 13.1. The summed E-state index contributed by atoms with van der Waals surface area (Å²) in [5.41, 5.74) is 3.20. The Kier molecular flexibility index (Phi) is 4.37. The molecule has 0 aliphatic rings. The van der Waals surface area contributed by atoms with Gasteiger partial charge in [0.15, 0.2) is 16.6 Å². The zero-order chi connectivity index (χ0) is 15.6. The maximum absolute atomic E-state index is 11.7. The molecule has 1 aromatic carbocycles. The van der Waals surface area contributed by atoms with Crippen molar-refractivity contribution in [2.24, 2.45) is 0 Å². The summed E-state index contributed by atoms with van der Waals surface area (Å²) in [6.07, 6.45) is 0. The second kappa shape index (κ2) is 6.05. The first kappa shape index (κ1) is 15.2. The van der Waals surface area contributed by atoms with Gasteiger partial charge in [-0.1, -0.05) is 23.5 Å². The van der Waals surface area contributed by atoms with Crippen LogP contribution in [0.5, 0.6) is 0 Å². The predicted octanol–water partition coefficient (Wildman–Crippen LogP) is 3.49. The Bertz CT molecular complexity index is 707. The van der Waals surface area contributed by atoms with Gasteiger partial charge in [0.25, 0.3) is 0 Å². The number of Topliss-reactive ketones (excluding diaryl/α,β-unsaturated/α-hetero) is 1. The van der Waals surface area contributed by atoms with Gasteiger partial charge in [-0.25, -0.2) is 9.78 Å². The number of thiazole rings is 1. The summed E-state index contributed by atoms with van der Waals surface area (Å²) in [7, 11) is 1.27. The van der Waals surface area contributed by atoms with Gasteiger partial charge in [-0.3, -0.25) is 4.79 Å². The molecule has 0 amide bonds. The van der Waals surface area contributed by atoms with Crippen LogP contribution in [0.25, 0.3) is 0 Å². The highest BCUT2D eigenvalue weighted by molar-refractivity contribution is 7.17. The highest BCUT2D eigenvalue weighted by atomic mass is 32.1. The number of carbonyl (C=O) groups is 2. The van der Waals surface area contributed by atoms with E-state index in [0.717, 1.165) is 28.2 Å². The number of esters is 1. The minimum atomic E-state index is -0.606. The number of hydrogen-bond donors (Lipinski definition) is 1. The van der Waals surface area contributed by atoms with Crippen LogP contribution in [-0.2, 0) is 4.74 Å². The quantitative estimate of drug-likeness (QED) is 0.691. The Morgan fingerprint density at radius 2 is 2.00 bits per heavy atom. The summed E-state index contributed by atoms with van der Waals surface area (Å²) in [5.74, 6) is -0.813. The summed E-state index contributed by atoms with van der Waals surface area (Å²) >= 11 is 1.15. The molecule has 1 heterocycles. The summed E-state index contributed by atoms with van der Waals surface area (Å²) in [6, 6.07) is 5.88. The number of anilines is 2. The average molecular weight is 304 g/mol. The molecule has 2 aromatic rings. The molecular formula is C15H16N2O3S. The first-order valence-corrected chi connectivity index (χ1v) is 7.19. The molecule has 0 aliphatic heterocycles. The predicted molar refractivity (Wildman–Crippen MR) is 82.7 cm³/mol. The van der Waals surface area contributed by atoms with E-state index in [1.165, 1.54) is 14.0 Å². The number of nitrogens with one attached hydrogen (secondary N) is 1. The van der Waals surface area contributed by atoms with Crippen LogP contribution in [0.1, 0.15) is 38.2 Å². The van der Waals surface area contributed by atoms with Crippen LogP contribution in [0, 0.1) is 13.8 Å². The monoisotopic (exact) mass is 304 g/mol. The number of aromatic nitrogens is 1. The van der Waals surface area contributed by atoms with Gasteiger partial charge < -0.3 is 10.1 Å². The molecule has 1 aromatic heterocycles. The normalized spacial score (nSPS) is 10.3. The molecule has 0 saturated carbocycles. The van der Waals surface area contributed by atoms with Gasteiger partial charge in [-0.15, -0.1) is 0 Å². The fourth-order valence-electron chi connectivity index (χ4n) is 1.85. The number of ketones is 1. The molecule has 1 N–H and O–H groups in total. The number of hydrogen-bond acceptors (Lipinski definition) is 6. The maximum atomic E-state index is 11.7. The van der Waals surface area contributed by atoms with Gasteiger partial charge in [0, 0.05) is 12.6 Å². The smallest absolute Gasteiger partial charge is 0.358 e. The second-order valence-corrected chi connectivity index (χ2v) is 5.62. The van der Waals surface area contributed by atoms with Crippen molar-refractivity contribution in [1.82, 2.24) is 4.98 Å². The lowest BCUT2D eigenvalue weighted by Gasteiger charge is -2.08. The van der Waals surface area contributed by atoms with Crippen LogP contribution < -0.4 is 5.32 Å². The standard InChI is InChI=1S/C15H16N2O3S/c1-8-6-5-7-11(9(8)2)16-15-17-12(14(19)20-4)13(21-15)10(3)18/h5-7H,1-4H3,(H,16,17). The molecule has 0 bridgehead atoms. The minimum Gasteiger partial charge on any atom is -0.464 e. The lowest BCUT2D eigenvalue weighted by molar-refractivity contribution is 0.0591. The summed E-state index contributed by atoms with van der Waals surface area (Å²) in [6.45, 7) is 5.42. The summed E-state index contributed by atoms with van der Waals surface area (Å²) in [5, 5.41) is 3.65. The van der Waals surface area contributed by atoms with Crippen molar-refractivity contribution in [1.29, 1.82) is 0 Å². The van der Waals surface area contributed by atoms with E-state index >= 15 is 0 Å². The summed E-state index contributed by atoms with van der Waals surface area (Å²) < 4.78 is 4.66. The van der Waals surface area contributed by atoms with E-state index in [0.29, 0.717) is 10.0 Å². The second-order valence-electron chi connectivity index (χ2n) is 4.62. The highest BCUT2D eigenvalue weighted by Crippen LogP contribution is 2.29. The van der Waals surface area contributed by atoms with E-state index in [2.05, 4.69) is 15.0 Å². The van der Waals surface area contributed by atoms with Gasteiger partial charge in [0.05, 0.1) is 7.11 Å². The maximum Gasteiger partial charge on any atom is 0.358 e. The SMILES string of the molecule is COC(=O)c1nc(Nc2cccc(C)c2C)sc1C(C)=O. The first-order chi connectivity index (χ1) is 9.93. The number of benzene rings is 1. The number of carbonyl (C=O) groups excluding carboxylic acids is 2. The van der Waals surface area contributed by atoms with Gasteiger partial charge >= 0.3 is 5.97 Å². The Hall–Kier alpha value is -2.21. The first-order valence-electron chi connectivity index (χ1n) is 6.37. The minimum absolute atomic E-state index is 0.0582. The molecule has 5 nitrogen and oxygen atoms in total. The van der Waals surface area contributed by atoms with E-state index < -0.39 is 5.97 Å². The van der Waals surface area contributed by atoms with Crippen LogP contribution in [0.3, 0.4) is 0 Å². The lowest BCUT2D eigenvalue weighted by atomic mass is 10.1. The molecule has 0 saturated heterocycles. The zero-order valence-electron chi connectivity index (χ0n) is 12.3. The molecule has 21 heavy (non-hydrogen) atoms. The third-order valence-electron chi connectivity index (χ3n) is 3.17. The molecule has 0 spiro atoms. The van der Waals surface area contributed by atoms with E-state index in [4.69, 9.17) is 0 Å². The third kappa shape index (κ3) is 3.11. The molecule has 110 valence electrons. The number of nitrogens with zero attached hydrogens (tertiary/aromatic N) is 1. The Labute approximate surface area is 127 Å². The van der Waals surface area contributed by atoms with E-state index in [1.807, 2.05) is 32.0 Å².